The number of carbonyl (C=O) groups is 3. The Morgan fingerprint density at radius 1 is 1.13 bits per heavy atom. The molecule has 23 heavy (non-hydrogen) atoms. The Morgan fingerprint density at radius 3 is 2.26 bits per heavy atom. The summed E-state index contributed by atoms with van der Waals surface area (Å²) in [5.74, 6) is 0.332. The summed E-state index contributed by atoms with van der Waals surface area (Å²) >= 11 is 0. The number of nitrogens with zero attached hydrogens (tertiary/aromatic N) is 1. The first-order chi connectivity index (χ1) is 10.7. The van der Waals surface area contributed by atoms with Crippen molar-refractivity contribution in [1.29, 1.82) is 0 Å². The van der Waals surface area contributed by atoms with Crippen LogP contribution in [0.5, 0.6) is 0 Å². The standard InChI is InChI=1S/C16H29N3O4/c1-5-14(21)19-8-6-12(7-9-19)10-17-13(20)11-18-15(22)23-16(2,3)4/h12H,5-11H2,1-4H3,(H,17,20)(H,18,22). The Kier molecular flexibility index (Phi) is 7.32. The van der Waals surface area contributed by atoms with E-state index >= 15 is 0 Å². The second-order valence-corrected chi connectivity index (χ2v) is 6.84. The lowest BCUT2D eigenvalue weighted by molar-refractivity contribution is -0.132. The van der Waals surface area contributed by atoms with Crippen LogP contribution in [0.2, 0.25) is 0 Å². The van der Waals surface area contributed by atoms with Gasteiger partial charge in [-0.3, -0.25) is 9.59 Å². The van der Waals surface area contributed by atoms with Crippen LogP contribution in [0, 0.1) is 5.92 Å². The van der Waals surface area contributed by atoms with Gasteiger partial charge in [-0.25, -0.2) is 4.79 Å². The average molecular weight is 327 g/mol. The zero-order chi connectivity index (χ0) is 17.5. The second kappa shape index (κ2) is 8.74. The van der Waals surface area contributed by atoms with Crippen molar-refractivity contribution in [3.8, 4) is 0 Å². The molecule has 7 nitrogen and oxygen atoms in total. The summed E-state index contributed by atoms with van der Waals surface area (Å²) in [5.41, 5.74) is -0.579. The first-order valence-electron chi connectivity index (χ1n) is 8.22. The third kappa shape index (κ3) is 7.85. The topological polar surface area (TPSA) is 87.7 Å². The van der Waals surface area contributed by atoms with Crippen molar-refractivity contribution in [3.63, 3.8) is 0 Å². The predicted octanol–water partition coefficient (Wildman–Crippen LogP) is 1.28. The molecule has 1 heterocycles. The number of alkyl carbamates (subject to hydrolysis) is 1. The van der Waals surface area contributed by atoms with E-state index in [4.69, 9.17) is 4.74 Å². The van der Waals surface area contributed by atoms with Gasteiger partial charge in [0.25, 0.3) is 0 Å². The summed E-state index contributed by atoms with van der Waals surface area (Å²) in [4.78, 5) is 36.6. The first kappa shape index (κ1) is 19.3. The number of piperidine rings is 1. The van der Waals surface area contributed by atoms with Crippen molar-refractivity contribution < 1.29 is 19.1 Å². The minimum absolute atomic E-state index is 0.0952. The van der Waals surface area contributed by atoms with Gasteiger partial charge in [-0.1, -0.05) is 6.92 Å². The highest BCUT2D eigenvalue weighted by molar-refractivity contribution is 5.82. The lowest BCUT2D eigenvalue weighted by Crippen LogP contribution is -2.43. The minimum atomic E-state index is -0.598. The van der Waals surface area contributed by atoms with E-state index in [2.05, 4.69) is 10.6 Å². The molecule has 1 rings (SSSR count). The number of amides is 3. The van der Waals surface area contributed by atoms with E-state index in [1.54, 1.807) is 20.8 Å². The lowest BCUT2D eigenvalue weighted by Gasteiger charge is -2.32. The molecule has 1 aliphatic heterocycles. The largest absolute Gasteiger partial charge is 0.444 e. The Morgan fingerprint density at radius 2 is 1.74 bits per heavy atom. The van der Waals surface area contributed by atoms with Crippen LogP contribution in [0.1, 0.15) is 47.0 Å². The van der Waals surface area contributed by atoms with Gasteiger partial charge >= 0.3 is 6.09 Å². The molecule has 0 spiro atoms. The molecule has 0 aromatic heterocycles. The summed E-state index contributed by atoms with van der Waals surface area (Å²) in [5, 5.41) is 5.25. The Bertz CT molecular complexity index is 424. The average Bonchev–Trinajstić information content (AvgIpc) is 2.49. The first-order valence-corrected chi connectivity index (χ1v) is 8.22. The molecule has 0 radical (unpaired) electrons. The van der Waals surface area contributed by atoms with E-state index in [-0.39, 0.29) is 18.4 Å². The third-order valence-corrected chi connectivity index (χ3v) is 3.65. The monoisotopic (exact) mass is 327 g/mol. The minimum Gasteiger partial charge on any atom is -0.444 e. The van der Waals surface area contributed by atoms with E-state index in [0.717, 1.165) is 25.9 Å². The molecule has 0 unspecified atom stereocenters. The number of hydrogen-bond donors (Lipinski definition) is 2. The summed E-state index contributed by atoms with van der Waals surface area (Å²) in [6.07, 6.45) is 1.73. The van der Waals surface area contributed by atoms with E-state index in [1.807, 2.05) is 11.8 Å². The predicted molar refractivity (Wildman–Crippen MR) is 86.8 cm³/mol. The molecule has 0 bridgehead atoms. The summed E-state index contributed by atoms with van der Waals surface area (Å²) in [6, 6.07) is 0. The molecular formula is C16H29N3O4. The molecule has 1 fully saturated rings. The number of hydrogen-bond acceptors (Lipinski definition) is 4. The zero-order valence-corrected chi connectivity index (χ0v) is 14.6. The fraction of sp³-hybridized carbons (Fsp3) is 0.812. The molecule has 0 aliphatic carbocycles. The van der Waals surface area contributed by atoms with Crippen molar-refractivity contribution in [2.24, 2.45) is 5.92 Å². The molecule has 0 atom stereocenters. The molecule has 1 aliphatic rings. The van der Waals surface area contributed by atoms with Gasteiger partial charge in [-0.2, -0.15) is 0 Å². The van der Waals surface area contributed by atoms with Crippen LogP contribution in [-0.4, -0.2) is 54.6 Å². The molecule has 2 N–H and O–H groups in total. The Balaban J connectivity index is 2.17. The fourth-order valence-corrected chi connectivity index (χ4v) is 2.40. The third-order valence-electron chi connectivity index (χ3n) is 3.65. The van der Waals surface area contributed by atoms with Gasteiger partial charge in [-0.15, -0.1) is 0 Å². The maximum Gasteiger partial charge on any atom is 0.408 e. The molecule has 132 valence electrons. The van der Waals surface area contributed by atoms with Gasteiger partial charge in [0.05, 0.1) is 6.54 Å². The smallest absolute Gasteiger partial charge is 0.408 e. The van der Waals surface area contributed by atoms with Crippen LogP contribution >= 0.6 is 0 Å². The van der Waals surface area contributed by atoms with Crippen molar-refractivity contribution in [1.82, 2.24) is 15.5 Å². The van der Waals surface area contributed by atoms with E-state index in [9.17, 15) is 14.4 Å². The highest BCUT2D eigenvalue weighted by Crippen LogP contribution is 2.16. The van der Waals surface area contributed by atoms with Crippen molar-refractivity contribution in [3.05, 3.63) is 0 Å². The van der Waals surface area contributed by atoms with Gasteiger partial charge in [-0.05, 0) is 39.5 Å². The lowest BCUT2D eigenvalue weighted by atomic mass is 9.96. The van der Waals surface area contributed by atoms with Gasteiger partial charge < -0.3 is 20.3 Å². The summed E-state index contributed by atoms with van der Waals surface area (Å²) in [6.45, 7) is 9.15. The van der Waals surface area contributed by atoms with E-state index in [0.29, 0.717) is 18.9 Å². The van der Waals surface area contributed by atoms with Gasteiger partial charge in [0.1, 0.15) is 5.60 Å². The number of nitrogens with one attached hydrogen (secondary N) is 2. The van der Waals surface area contributed by atoms with Crippen LogP contribution in [0.3, 0.4) is 0 Å². The molecule has 7 heteroatoms. The molecule has 0 saturated carbocycles. The van der Waals surface area contributed by atoms with Crippen LogP contribution in [0.25, 0.3) is 0 Å². The van der Waals surface area contributed by atoms with Crippen molar-refractivity contribution in [2.45, 2.75) is 52.6 Å². The van der Waals surface area contributed by atoms with Crippen LogP contribution < -0.4 is 10.6 Å². The SMILES string of the molecule is CCC(=O)N1CCC(CNC(=O)CNC(=O)OC(C)(C)C)CC1. The number of carbonyl (C=O) groups excluding carboxylic acids is 3. The molecule has 3 amide bonds. The summed E-state index contributed by atoms with van der Waals surface area (Å²) in [7, 11) is 0. The van der Waals surface area contributed by atoms with Crippen LogP contribution in [0.15, 0.2) is 0 Å². The van der Waals surface area contributed by atoms with Crippen molar-refractivity contribution in [2.75, 3.05) is 26.2 Å². The van der Waals surface area contributed by atoms with Gasteiger partial charge in [0, 0.05) is 26.1 Å². The van der Waals surface area contributed by atoms with Crippen LogP contribution in [0.4, 0.5) is 4.79 Å². The van der Waals surface area contributed by atoms with E-state index in [1.165, 1.54) is 0 Å². The van der Waals surface area contributed by atoms with Gasteiger partial charge in [0.15, 0.2) is 0 Å². The number of rotatable bonds is 5. The number of ether oxygens (including phenoxy) is 1. The molecule has 1 saturated heterocycles. The van der Waals surface area contributed by atoms with Gasteiger partial charge in [0.2, 0.25) is 11.8 Å². The second-order valence-electron chi connectivity index (χ2n) is 6.84. The highest BCUT2D eigenvalue weighted by atomic mass is 16.6. The maximum absolute atomic E-state index is 11.7. The quantitative estimate of drug-likeness (QED) is 0.796. The molecule has 0 aromatic carbocycles. The Hall–Kier alpha value is -1.79. The van der Waals surface area contributed by atoms with Crippen molar-refractivity contribution >= 4 is 17.9 Å². The Labute approximate surface area is 138 Å². The number of likely N-dealkylation sites (tertiary alicyclic amines) is 1. The normalized spacial score (nSPS) is 15.9. The maximum atomic E-state index is 11.7. The molecular weight excluding hydrogens is 298 g/mol. The van der Waals surface area contributed by atoms with E-state index < -0.39 is 11.7 Å². The highest BCUT2D eigenvalue weighted by Gasteiger charge is 2.22. The zero-order valence-electron chi connectivity index (χ0n) is 14.6. The van der Waals surface area contributed by atoms with Crippen LogP contribution in [-0.2, 0) is 14.3 Å². The fourth-order valence-electron chi connectivity index (χ4n) is 2.40. The molecule has 0 aromatic rings. The summed E-state index contributed by atoms with van der Waals surface area (Å²) < 4.78 is 5.06.